The highest BCUT2D eigenvalue weighted by Gasteiger charge is 2.27. The summed E-state index contributed by atoms with van der Waals surface area (Å²) in [5.41, 5.74) is -2.70. The summed E-state index contributed by atoms with van der Waals surface area (Å²) in [6.45, 7) is -11.0. The van der Waals surface area contributed by atoms with Gasteiger partial charge in [0.25, 0.3) is 0 Å². The Balaban J connectivity index is 2.31. The standard InChI is InChI=1S/C19H19NOS/c1-20-9-6-13(7-10-20)18-15-5-3-2-4-14(15)12-17(21)19-16(18)8-11-22-19/h2-5,8,11H,6-7,9-10,12H2,1H3/i1D3,2D,3D,4D,5D,6D2,7D2,9D2,10D2. The topological polar surface area (TPSA) is 20.3 Å². The molecule has 0 radical (unpaired) electrons. The number of benzene rings is 1. The number of carbonyl (C=O) groups is 1. The van der Waals surface area contributed by atoms with Gasteiger partial charge in [-0.05, 0) is 47.9 Å². The molecule has 2 nitrogen and oxygen atoms in total. The summed E-state index contributed by atoms with van der Waals surface area (Å²) >= 11 is 0.877. The van der Waals surface area contributed by atoms with Crippen molar-refractivity contribution in [2.24, 2.45) is 0 Å². The summed E-state index contributed by atoms with van der Waals surface area (Å²) in [6, 6.07) is -1.58. The molecule has 0 unspecified atom stereocenters. The summed E-state index contributed by atoms with van der Waals surface area (Å²) in [6.07, 6.45) is -7.68. The number of nitrogens with zero attached hydrogens (tertiary/aromatic N) is 1. The van der Waals surface area contributed by atoms with Crippen LogP contribution in [0.1, 0.15) is 59.7 Å². The number of hydrogen-bond acceptors (Lipinski definition) is 3. The molecule has 2 aliphatic rings. The van der Waals surface area contributed by atoms with E-state index < -0.39 is 90.7 Å². The molecule has 1 aliphatic carbocycles. The van der Waals surface area contributed by atoms with Crippen molar-refractivity contribution >= 4 is 22.7 Å². The third-order valence-corrected chi connectivity index (χ3v) is 4.33. The molecule has 0 bridgehead atoms. The summed E-state index contributed by atoms with van der Waals surface area (Å²) in [7, 11) is 0. The van der Waals surface area contributed by atoms with Crippen molar-refractivity contribution in [2.75, 3.05) is 20.0 Å². The highest BCUT2D eigenvalue weighted by atomic mass is 32.1. The molecule has 2 heterocycles. The quantitative estimate of drug-likeness (QED) is 0.729. The highest BCUT2D eigenvalue weighted by Crippen LogP contribution is 2.40. The van der Waals surface area contributed by atoms with Crippen molar-refractivity contribution in [1.29, 1.82) is 0 Å². The molecule has 22 heavy (non-hydrogen) atoms. The second-order valence-corrected chi connectivity index (χ2v) is 5.59. The van der Waals surface area contributed by atoms with E-state index in [9.17, 15) is 4.79 Å². The van der Waals surface area contributed by atoms with Gasteiger partial charge in [-0.15, -0.1) is 11.3 Å². The zero-order valence-corrected chi connectivity index (χ0v) is 11.9. The van der Waals surface area contributed by atoms with Gasteiger partial charge in [-0.25, -0.2) is 0 Å². The first-order valence-corrected chi connectivity index (χ1v) is 7.27. The molecule has 1 aliphatic heterocycles. The van der Waals surface area contributed by atoms with E-state index in [2.05, 4.69) is 0 Å². The van der Waals surface area contributed by atoms with Crippen LogP contribution in [0.15, 0.2) is 41.2 Å². The van der Waals surface area contributed by atoms with Crippen LogP contribution < -0.4 is 0 Å². The minimum atomic E-state index is -3.67. The highest BCUT2D eigenvalue weighted by molar-refractivity contribution is 7.12. The van der Waals surface area contributed by atoms with Crippen LogP contribution in [-0.2, 0) is 6.42 Å². The van der Waals surface area contributed by atoms with E-state index in [1.165, 1.54) is 11.4 Å². The van der Waals surface area contributed by atoms with E-state index in [-0.39, 0.29) is 16.0 Å². The smallest absolute Gasteiger partial charge is 0.177 e. The van der Waals surface area contributed by atoms with Crippen LogP contribution >= 0.6 is 11.3 Å². The molecule has 1 saturated heterocycles. The predicted molar refractivity (Wildman–Crippen MR) is 91.5 cm³/mol. The van der Waals surface area contributed by atoms with Gasteiger partial charge in [0.1, 0.15) is 0 Å². The fourth-order valence-corrected chi connectivity index (χ4v) is 3.29. The van der Waals surface area contributed by atoms with Gasteiger partial charge in [0.05, 0.1) is 10.4 Å². The van der Waals surface area contributed by atoms with Gasteiger partial charge in [0.2, 0.25) is 0 Å². The number of rotatable bonds is 0. The maximum Gasteiger partial charge on any atom is 0.177 e. The second kappa shape index (κ2) is 5.49. The Morgan fingerprint density at radius 3 is 2.91 bits per heavy atom. The Hall–Kier alpha value is -1.71. The lowest BCUT2D eigenvalue weighted by atomic mass is 9.88. The number of hydrogen-bond donors (Lipinski definition) is 0. The molecule has 0 saturated carbocycles. The molecule has 1 aromatic heterocycles. The minimum absolute atomic E-state index is 0.0541. The summed E-state index contributed by atoms with van der Waals surface area (Å²) in [4.78, 5) is 12.6. The number of piperidine rings is 1. The monoisotopic (exact) mass is 324 g/mol. The number of thiophene rings is 1. The molecule has 0 N–H and O–H groups in total. The average Bonchev–Trinajstić information content (AvgIpc) is 3.18. The Morgan fingerprint density at radius 1 is 1.27 bits per heavy atom. The van der Waals surface area contributed by atoms with E-state index >= 15 is 0 Å². The molecule has 0 amide bonds. The van der Waals surface area contributed by atoms with E-state index in [4.69, 9.17) is 20.6 Å². The molecule has 4 rings (SSSR count). The first kappa shape index (κ1) is 5.15. The molecular formula is C19H19NOS. The molecular weight excluding hydrogens is 290 g/mol. The Bertz CT molecular complexity index is 1340. The summed E-state index contributed by atoms with van der Waals surface area (Å²) in [5, 5.41) is 1.41. The van der Waals surface area contributed by atoms with Gasteiger partial charge in [-0.3, -0.25) is 4.79 Å². The molecule has 1 fully saturated rings. The van der Waals surface area contributed by atoms with Gasteiger partial charge in [0, 0.05) is 40.1 Å². The van der Waals surface area contributed by atoms with Gasteiger partial charge >= 0.3 is 0 Å². The molecule has 0 atom stereocenters. The number of likely N-dealkylation sites (tertiary alicyclic amines) is 1. The van der Waals surface area contributed by atoms with Crippen LogP contribution in [0.2, 0.25) is 0 Å². The lowest BCUT2D eigenvalue weighted by molar-refractivity contribution is 0.0997. The Morgan fingerprint density at radius 2 is 2.09 bits per heavy atom. The Kier molecular flexibility index (Phi) is 1.28. The maximum absolute atomic E-state index is 13.1. The van der Waals surface area contributed by atoms with Crippen LogP contribution in [-0.4, -0.2) is 30.7 Å². The molecule has 112 valence electrons. The van der Waals surface area contributed by atoms with Gasteiger partial charge in [-0.1, -0.05) is 29.7 Å². The van der Waals surface area contributed by atoms with Crippen molar-refractivity contribution in [1.82, 2.24) is 4.90 Å². The van der Waals surface area contributed by atoms with Crippen molar-refractivity contribution in [3.8, 4) is 0 Å². The van der Waals surface area contributed by atoms with Crippen LogP contribution in [0, 0.1) is 0 Å². The van der Waals surface area contributed by atoms with Gasteiger partial charge in [-0.2, -0.15) is 0 Å². The van der Waals surface area contributed by atoms with Crippen LogP contribution in [0.25, 0.3) is 5.57 Å². The molecule has 2 aromatic rings. The normalized spacial score (nSPS) is 38.5. The average molecular weight is 325 g/mol. The van der Waals surface area contributed by atoms with E-state index in [1.54, 1.807) is 0 Å². The van der Waals surface area contributed by atoms with E-state index in [1.807, 2.05) is 0 Å². The number of Topliss-reactive ketones (excluding diaryl/α,β-unsaturated/α-hetero) is 1. The Labute approximate surface area is 156 Å². The molecule has 1 aromatic carbocycles. The molecule has 0 spiro atoms. The van der Waals surface area contributed by atoms with Crippen LogP contribution in [0.3, 0.4) is 0 Å². The zero-order valence-electron chi connectivity index (χ0n) is 26.1. The second-order valence-electron chi connectivity index (χ2n) is 4.68. The molecule has 3 heteroatoms. The van der Waals surface area contributed by atoms with Crippen molar-refractivity contribution in [3.63, 3.8) is 0 Å². The van der Waals surface area contributed by atoms with E-state index in [0.717, 1.165) is 11.3 Å². The third-order valence-electron chi connectivity index (χ3n) is 3.38. The zero-order chi connectivity index (χ0) is 28.3. The van der Waals surface area contributed by atoms with E-state index in [0.29, 0.717) is 0 Å². The largest absolute Gasteiger partial charge is 0.306 e. The van der Waals surface area contributed by atoms with Gasteiger partial charge in [0.15, 0.2) is 5.78 Å². The van der Waals surface area contributed by atoms with Crippen molar-refractivity contribution in [2.45, 2.75) is 19.2 Å². The maximum atomic E-state index is 13.1. The first-order chi connectivity index (χ1) is 16.6. The minimum Gasteiger partial charge on any atom is -0.306 e. The predicted octanol–water partition coefficient (Wildman–Crippen LogP) is 4.01. The first-order valence-electron chi connectivity index (χ1n) is 13.9. The number of ketones is 1. The van der Waals surface area contributed by atoms with Crippen molar-refractivity contribution < 1.29 is 25.4 Å². The number of fused-ring (bicyclic) bond motifs is 2. The SMILES string of the molecule is [2H]c1c([2H])c([2H])c2c(c1[2H])CC(=O)c1sccc1C2=C1C([2H])([2H])C([2H])([2H])N(C([2H])([2H])[2H])C([2H])([2H])C1([2H])[2H]. The lowest BCUT2D eigenvalue weighted by Gasteiger charge is -2.27. The summed E-state index contributed by atoms with van der Waals surface area (Å²) in [5.74, 6) is -0.612. The fourth-order valence-electron chi connectivity index (χ4n) is 2.45. The summed E-state index contributed by atoms with van der Waals surface area (Å²) < 4.78 is 125. The van der Waals surface area contributed by atoms with Gasteiger partial charge < -0.3 is 4.90 Å². The number of carbonyl (C=O) groups excluding carboxylic acids is 1. The third kappa shape index (κ3) is 2.25. The van der Waals surface area contributed by atoms with Crippen LogP contribution in [0.4, 0.5) is 0 Å². The van der Waals surface area contributed by atoms with Crippen molar-refractivity contribution in [3.05, 3.63) is 62.8 Å². The van der Waals surface area contributed by atoms with Crippen LogP contribution in [0.5, 0.6) is 0 Å². The fraction of sp³-hybridized carbons (Fsp3) is 0.316. The lowest BCUT2D eigenvalue weighted by Crippen LogP contribution is -2.27.